The molecule has 0 aromatic heterocycles. The fraction of sp³-hybridized carbons (Fsp3) is 0.750. The minimum Gasteiger partial charge on any atom is -0.288 e. The monoisotopic (exact) mass is 190 g/mol. The molecule has 0 aromatic rings. The quantitative estimate of drug-likeness (QED) is 0.623. The first kappa shape index (κ1) is 10.4. The van der Waals surface area contributed by atoms with Crippen LogP contribution in [0.4, 0.5) is 13.2 Å². The Balaban J connectivity index is 4.35. The Morgan fingerprint density at radius 1 is 1.36 bits per heavy atom. The largest absolute Gasteiger partial charge is 0.451 e. The molecule has 0 aliphatic heterocycles. The van der Waals surface area contributed by atoms with Crippen LogP contribution in [0, 0.1) is 0 Å². The van der Waals surface area contributed by atoms with Gasteiger partial charge in [-0.25, -0.2) is 8.42 Å². The number of Topliss-reactive ketones (excluding diaryl/α,β-unsaturated/α-hetero) is 1. The van der Waals surface area contributed by atoms with Crippen LogP contribution in [0.15, 0.2) is 0 Å². The van der Waals surface area contributed by atoms with Gasteiger partial charge in [0, 0.05) is 6.26 Å². The summed E-state index contributed by atoms with van der Waals surface area (Å²) in [6.07, 6.45) is -4.49. The number of hydrogen-bond acceptors (Lipinski definition) is 3. The minimum absolute atomic E-state index is 0.566. The second-order valence-corrected chi connectivity index (χ2v) is 4.13. The Morgan fingerprint density at radius 3 is 1.82 bits per heavy atom. The van der Waals surface area contributed by atoms with E-state index in [2.05, 4.69) is 0 Å². The lowest BCUT2D eigenvalue weighted by Gasteiger charge is -2.02. The van der Waals surface area contributed by atoms with Crippen molar-refractivity contribution in [1.82, 2.24) is 0 Å². The predicted octanol–water partition coefficient (Wildman–Crippen LogP) is 0.162. The number of halogens is 3. The molecule has 0 amide bonds. The van der Waals surface area contributed by atoms with E-state index in [1.54, 1.807) is 0 Å². The van der Waals surface area contributed by atoms with Gasteiger partial charge in [0.15, 0.2) is 9.84 Å². The fourth-order valence-electron chi connectivity index (χ4n) is 0.320. The van der Waals surface area contributed by atoms with Crippen LogP contribution in [-0.2, 0) is 14.6 Å². The molecule has 0 spiro atoms. The second kappa shape index (κ2) is 2.80. The molecular weight excluding hydrogens is 185 g/mol. The third kappa shape index (κ3) is 4.77. The lowest BCUT2D eigenvalue weighted by molar-refractivity contribution is -0.168. The summed E-state index contributed by atoms with van der Waals surface area (Å²) in [6.45, 7) is 0. The molecule has 0 unspecified atom stereocenters. The summed E-state index contributed by atoms with van der Waals surface area (Å²) in [7, 11) is -3.88. The van der Waals surface area contributed by atoms with E-state index in [4.69, 9.17) is 0 Å². The standard InChI is InChI=1S/C4H5F3O3S/c1-11(9,10)2-3(8)4(5,6)7/h2H2,1H3. The van der Waals surface area contributed by atoms with Crippen LogP contribution < -0.4 is 0 Å². The third-order valence-electron chi connectivity index (χ3n) is 0.709. The van der Waals surface area contributed by atoms with E-state index >= 15 is 0 Å². The van der Waals surface area contributed by atoms with Crippen molar-refractivity contribution < 1.29 is 26.4 Å². The van der Waals surface area contributed by atoms with E-state index in [1.807, 2.05) is 0 Å². The molecule has 3 nitrogen and oxygen atoms in total. The third-order valence-corrected chi connectivity index (χ3v) is 1.50. The van der Waals surface area contributed by atoms with Crippen LogP contribution in [-0.4, -0.2) is 32.4 Å². The fourth-order valence-corrected chi connectivity index (χ4v) is 0.960. The van der Waals surface area contributed by atoms with Gasteiger partial charge in [-0.1, -0.05) is 0 Å². The number of carbonyl (C=O) groups is 1. The van der Waals surface area contributed by atoms with Crippen LogP contribution in [0.2, 0.25) is 0 Å². The van der Waals surface area contributed by atoms with Gasteiger partial charge in [0.1, 0.15) is 5.75 Å². The summed E-state index contributed by atoms with van der Waals surface area (Å²) in [5, 5.41) is 0. The molecule has 11 heavy (non-hydrogen) atoms. The van der Waals surface area contributed by atoms with Gasteiger partial charge in [-0.3, -0.25) is 4.79 Å². The van der Waals surface area contributed by atoms with Gasteiger partial charge in [0.05, 0.1) is 0 Å². The van der Waals surface area contributed by atoms with E-state index in [9.17, 15) is 26.4 Å². The van der Waals surface area contributed by atoms with E-state index < -0.39 is 27.5 Å². The van der Waals surface area contributed by atoms with Crippen LogP contribution in [0.25, 0.3) is 0 Å². The Kier molecular flexibility index (Phi) is 2.65. The highest BCUT2D eigenvalue weighted by atomic mass is 32.2. The highest BCUT2D eigenvalue weighted by Crippen LogP contribution is 2.16. The van der Waals surface area contributed by atoms with Crippen LogP contribution in [0.1, 0.15) is 0 Å². The zero-order valence-electron chi connectivity index (χ0n) is 5.47. The molecule has 0 atom stereocenters. The second-order valence-electron chi connectivity index (χ2n) is 1.99. The van der Waals surface area contributed by atoms with E-state index in [-0.39, 0.29) is 0 Å². The summed E-state index contributed by atoms with van der Waals surface area (Å²) in [5.41, 5.74) is 0. The zero-order valence-corrected chi connectivity index (χ0v) is 6.29. The lowest BCUT2D eigenvalue weighted by Crippen LogP contribution is -2.29. The van der Waals surface area contributed by atoms with Gasteiger partial charge in [-0.2, -0.15) is 13.2 Å². The molecule has 0 aromatic carbocycles. The van der Waals surface area contributed by atoms with Crippen molar-refractivity contribution in [2.45, 2.75) is 6.18 Å². The predicted molar refractivity (Wildman–Crippen MR) is 30.8 cm³/mol. The lowest BCUT2D eigenvalue weighted by atomic mass is 10.4. The van der Waals surface area contributed by atoms with Crippen LogP contribution in [0.3, 0.4) is 0 Å². The Morgan fingerprint density at radius 2 is 1.73 bits per heavy atom. The van der Waals surface area contributed by atoms with E-state index in [1.165, 1.54) is 0 Å². The van der Waals surface area contributed by atoms with E-state index in [0.717, 1.165) is 0 Å². The zero-order chi connectivity index (χ0) is 9.28. The maximum absolute atomic E-state index is 11.4. The maximum atomic E-state index is 11.4. The van der Waals surface area contributed by atoms with Gasteiger partial charge < -0.3 is 0 Å². The first-order valence-corrected chi connectivity index (χ1v) is 4.47. The van der Waals surface area contributed by atoms with Crippen LogP contribution >= 0.6 is 0 Å². The van der Waals surface area contributed by atoms with Gasteiger partial charge >= 0.3 is 6.18 Å². The van der Waals surface area contributed by atoms with Crippen molar-refractivity contribution in [2.24, 2.45) is 0 Å². The Hall–Kier alpha value is -0.590. The van der Waals surface area contributed by atoms with Crippen molar-refractivity contribution in [3.05, 3.63) is 0 Å². The first-order chi connectivity index (χ1) is 4.63. The first-order valence-electron chi connectivity index (χ1n) is 2.40. The van der Waals surface area contributed by atoms with Crippen molar-refractivity contribution in [3.63, 3.8) is 0 Å². The Bertz CT molecular complexity index is 250. The molecular formula is C4H5F3O3S. The molecule has 66 valence electrons. The molecule has 0 aliphatic rings. The highest BCUT2D eigenvalue weighted by molar-refractivity contribution is 7.91. The maximum Gasteiger partial charge on any atom is 0.451 e. The number of alkyl halides is 3. The van der Waals surface area contributed by atoms with Crippen molar-refractivity contribution >= 4 is 15.6 Å². The Labute approximate surface area is 61.1 Å². The number of ketones is 1. The van der Waals surface area contributed by atoms with Gasteiger partial charge in [0.25, 0.3) is 5.78 Å². The smallest absolute Gasteiger partial charge is 0.288 e. The average Bonchev–Trinajstić information content (AvgIpc) is 1.56. The molecule has 7 heteroatoms. The summed E-state index contributed by atoms with van der Waals surface area (Å²) in [6, 6.07) is 0. The number of rotatable bonds is 2. The number of sulfone groups is 1. The molecule has 0 bridgehead atoms. The summed E-state index contributed by atoms with van der Waals surface area (Å²) in [4.78, 5) is 9.98. The van der Waals surface area contributed by atoms with Crippen molar-refractivity contribution in [2.75, 3.05) is 12.0 Å². The van der Waals surface area contributed by atoms with Crippen LogP contribution in [0.5, 0.6) is 0 Å². The summed E-state index contributed by atoms with van der Waals surface area (Å²) < 4.78 is 54.4. The van der Waals surface area contributed by atoms with Gasteiger partial charge in [-0.15, -0.1) is 0 Å². The molecule has 0 saturated heterocycles. The molecule has 0 radical (unpaired) electrons. The average molecular weight is 190 g/mol. The summed E-state index contributed by atoms with van der Waals surface area (Å²) >= 11 is 0. The topological polar surface area (TPSA) is 51.2 Å². The SMILES string of the molecule is CS(=O)(=O)CC(=O)C(F)(F)F. The van der Waals surface area contributed by atoms with Crippen molar-refractivity contribution in [3.8, 4) is 0 Å². The molecule has 0 heterocycles. The number of carbonyl (C=O) groups excluding carboxylic acids is 1. The molecule has 0 fully saturated rings. The molecule has 0 aliphatic carbocycles. The normalized spacial score (nSPS) is 13.1. The molecule has 0 saturated carbocycles. The van der Waals surface area contributed by atoms with Crippen molar-refractivity contribution in [1.29, 1.82) is 0 Å². The van der Waals surface area contributed by atoms with E-state index in [0.29, 0.717) is 6.26 Å². The number of hydrogen-bond donors (Lipinski definition) is 0. The van der Waals surface area contributed by atoms with Gasteiger partial charge in [0.2, 0.25) is 0 Å². The summed E-state index contributed by atoms with van der Waals surface area (Å²) in [5.74, 6) is -3.71. The highest BCUT2D eigenvalue weighted by Gasteiger charge is 2.39. The minimum atomic E-state index is -5.05. The molecule has 0 N–H and O–H groups in total. The van der Waals surface area contributed by atoms with Gasteiger partial charge in [-0.05, 0) is 0 Å². The molecule has 0 rings (SSSR count).